The van der Waals surface area contributed by atoms with Gasteiger partial charge >= 0.3 is 0 Å². The second kappa shape index (κ2) is 5.25. The topological polar surface area (TPSA) is 70.8 Å². The molecular weight excluding hydrogens is 314 g/mol. The van der Waals surface area contributed by atoms with E-state index >= 15 is 0 Å². The molecule has 3 atom stereocenters. The molecule has 0 bridgehead atoms. The maximum absolute atomic E-state index is 12.4. The van der Waals surface area contributed by atoms with E-state index in [1.54, 1.807) is 10.7 Å². The zero-order valence-corrected chi connectivity index (χ0v) is 14.1. The maximum atomic E-state index is 12.4. The van der Waals surface area contributed by atoms with Crippen LogP contribution in [0, 0.1) is 5.92 Å². The van der Waals surface area contributed by atoms with E-state index in [0.717, 1.165) is 17.8 Å². The van der Waals surface area contributed by atoms with E-state index in [0.29, 0.717) is 18.8 Å². The van der Waals surface area contributed by atoms with Gasteiger partial charge in [0.25, 0.3) is 0 Å². The van der Waals surface area contributed by atoms with Crippen LogP contribution in [0.15, 0.2) is 24.7 Å². The highest BCUT2D eigenvalue weighted by Gasteiger charge is 2.52. The molecule has 0 unspecified atom stereocenters. The highest BCUT2D eigenvalue weighted by Crippen LogP contribution is 2.36. The Labute approximate surface area is 135 Å². The fourth-order valence-corrected chi connectivity index (χ4v) is 6.51. The fourth-order valence-electron chi connectivity index (χ4n) is 4.00. The molecule has 2 aliphatic heterocycles. The molecule has 2 aromatic heterocycles. The standard InChI is InChI=1S/C15H21N5O2S/c1-18(2)13-10-23(21,22)14-9-19(8-12(13)14)7-11-6-17-20-5-3-4-16-15(11)20/h3-6,12-14H,7-10H2,1-2H3/t12-,13+,14-/m0/s1. The van der Waals surface area contributed by atoms with Gasteiger partial charge in [0.2, 0.25) is 0 Å². The predicted molar refractivity (Wildman–Crippen MR) is 86.8 cm³/mol. The highest BCUT2D eigenvalue weighted by atomic mass is 32.2. The van der Waals surface area contributed by atoms with Gasteiger partial charge < -0.3 is 4.90 Å². The van der Waals surface area contributed by atoms with Gasteiger partial charge in [0.05, 0.1) is 17.2 Å². The molecule has 0 N–H and O–H groups in total. The number of likely N-dealkylation sites (tertiary alicyclic amines) is 1. The molecule has 2 fully saturated rings. The summed E-state index contributed by atoms with van der Waals surface area (Å²) in [5, 5.41) is 4.07. The molecule has 4 heterocycles. The number of hydrogen-bond donors (Lipinski definition) is 0. The number of fused-ring (bicyclic) bond motifs is 2. The van der Waals surface area contributed by atoms with Crippen molar-refractivity contribution in [2.75, 3.05) is 32.9 Å². The van der Waals surface area contributed by atoms with Crippen molar-refractivity contribution in [2.24, 2.45) is 5.92 Å². The van der Waals surface area contributed by atoms with Crippen molar-refractivity contribution < 1.29 is 8.42 Å². The minimum Gasteiger partial charge on any atom is -0.305 e. The SMILES string of the molecule is CN(C)[C@@H]1CS(=O)(=O)[C@H]2CN(Cc3cnn4cccnc34)C[C@@H]12. The molecule has 0 saturated carbocycles. The Hall–Kier alpha value is -1.51. The van der Waals surface area contributed by atoms with E-state index < -0.39 is 9.84 Å². The van der Waals surface area contributed by atoms with Crippen LogP contribution in [0.25, 0.3) is 5.65 Å². The number of sulfone groups is 1. The Bertz CT molecular complexity index is 831. The van der Waals surface area contributed by atoms with Crippen molar-refractivity contribution in [1.82, 2.24) is 24.4 Å². The molecule has 7 nitrogen and oxygen atoms in total. The molecule has 0 aromatic carbocycles. The minimum absolute atomic E-state index is 0.122. The Morgan fingerprint density at radius 1 is 1.35 bits per heavy atom. The van der Waals surface area contributed by atoms with Gasteiger partial charge in [-0.2, -0.15) is 5.10 Å². The summed E-state index contributed by atoms with van der Waals surface area (Å²) in [5.74, 6) is 0.492. The number of nitrogens with zero attached hydrogens (tertiary/aromatic N) is 5. The van der Waals surface area contributed by atoms with Gasteiger partial charge in [-0.15, -0.1) is 0 Å². The number of rotatable bonds is 3. The van der Waals surface area contributed by atoms with Crippen LogP contribution in [0.1, 0.15) is 5.56 Å². The Morgan fingerprint density at radius 3 is 2.96 bits per heavy atom. The quantitative estimate of drug-likeness (QED) is 0.779. The Morgan fingerprint density at radius 2 is 2.17 bits per heavy atom. The summed E-state index contributed by atoms with van der Waals surface area (Å²) in [6.45, 7) is 2.13. The molecule has 0 amide bonds. The summed E-state index contributed by atoms with van der Waals surface area (Å²) in [6, 6.07) is 1.97. The zero-order chi connectivity index (χ0) is 16.2. The fraction of sp³-hybridized carbons (Fsp3) is 0.600. The summed E-state index contributed by atoms with van der Waals surface area (Å²) in [7, 11) is 0.953. The van der Waals surface area contributed by atoms with Crippen LogP contribution in [0.4, 0.5) is 0 Å². The summed E-state index contributed by atoms with van der Waals surface area (Å²) >= 11 is 0. The largest absolute Gasteiger partial charge is 0.305 e. The monoisotopic (exact) mass is 335 g/mol. The molecule has 23 heavy (non-hydrogen) atoms. The molecular formula is C15H21N5O2S. The first-order valence-electron chi connectivity index (χ1n) is 7.83. The van der Waals surface area contributed by atoms with Crippen molar-refractivity contribution in [1.29, 1.82) is 0 Å². The number of aromatic nitrogens is 3. The Kier molecular flexibility index (Phi) is 3.44. The van der Waals surface area contributed by atoms with Crippen molar-refractivity contribution >= 4 is 15.5 Å². The first kappa shape index (κ1) is 15.0. The van der Waals surface area contributed by atoms with E-state index in [-0.39, 0.29) is 17.2 Å². The van der Waals surface area contributed by atoms with Gasteiger partial charge in [0, 0.05) is 49.6 Å². The molecule has 0 aliphatic carbocycles. The lowest BCUT2D eigenvalue weighted by Crippen LogP contribution is -2.37. The Balaban J connectivity index is 1.57. The summed E-state index contributed by atoms with van der Waals surface area (Å²) < 4.78 is 26.6. The van der Waals surface area contributed by atoms with Crippen LogP contribution < -0.4 is 0 Å². The van der Waals surface area contributed by atoms with Crippen LogP contribution >= 0.6 is 0 Å². The van der Waals surface area contributed by atoms with Crippen molar-refractivity contribution in [2.45, 2.75) is 17.8 Å². The van der Waals surface area contributed by atoms with E-state index in [4.69, 9.17) is 0 Å². The first-order valence-corrected chi connectivity index (χ1v) is 9.55. The normalized spacial score (nSPS) is 30.3. The molecule has 0 spiro atoms. The lowest BCUT2D eigenvalue weighted by atomic mass is 10.00. The first-order chi connectivity index (χ1) is 11.0. The summed E-state index contributed by atoms with van der Waals surface area (Å²) in [5.41, 5.74) is 1.89. The van der Waals surface area contributed by atoms with Gasteiger partial charge in [-0.05, 0) is 20.2 Å². The molecule has 124 valence electrons. The van der Waals surface area contributed by atoms with Gasteiger partial charge in [-0.3, -0.25) is 4.90 Å². The minimum atomic E-state index is -2.99. The second-order valence-corrected chi connectivity index (χ2v) is 9.08. The smallest absolute Gasteiger partial charge is 0.159 e. The predicted octanol–water partition coefficient (Wildman–Crippen LogP) is -0.112. The van der Waals surface area contributed by atoms with Crippen LogP contribution in [0.3, 0.4) is 0 Å². The average Bonchev–Trinajstić information content (AvgIpc) is 3.15. The van der Waals surface area contributed by atoms with Crippen molar-refractivity contribution in [3.63, 3.8) is 0 Å². The van der Waals surface area contributed by atoms with Crippen LogP contribution in [-0.4, -0.2) is 77.0 Å². The lowest BCUT2D eigenvalue weighted by molar-refractivity contribution is 0.230. The van der Waals surface area contributed by atoms with Crippen molar-refractivity contribution in [3.8, 4) is 0 Å². The summed E-state index contributed by atoms with van der Waals surface area (Å²) in [4.78, 5) is 8.66. The molecule has 0 radical (unpaired) electrons. The van der Waals surface area contributed by atoms with Gasteiger partial charge in [-0.1, -0.05) is 0 Å². The third kappa shape index (κ3) is 2.45. The molecule has 8 heteroatoms. The van der Waals surface area contributed by atoms with Crippen LogP contribution in [-0.2, 0) is 16.4 Å². The van der Waals surface area contributed by atoms with Gasteiger partial charge in [0.1, 0.15) is 0 Å². The van der Waals surface area contributed by atoms with Gasteiger partial charge in [0.15, 0.2) is 15.5 Å². The highest BCUT2D eigenvalue weighted by molar-refractivity contribution is 7.92. The molecule has 2 aliphatic rings. The molecule has 2 aromatic rings. The third-order valence-electron chi connectivity index (χ3n) is 5.15. The average molecular weight is 335 g/mol. The van der Waals surface area contributed by atoms with E-state index in [9.17, 15) is 8.42 Å². The second-order valence-electron chi connectivity index (χ2n) is 6.81. The molecule has 4 rings (SSSR count). The van der Waals surface area contributed by atoms with Crippen LogP contribution in [0.2, 0.25) is 0 Å². The third-order valence-corrected chi connectivity index (χ3v) is 7.38. The lowest BCUT2D eigenvalue weighted by Gasteiger charge is -2.24. The summed E-state index contributed by atoms with van der Waals surface area (Å²) in [6.07, 6.45) is 5.46. The van der Waals surface area contributed by atoms with E-state index in [2.05, 4.69) is 19.9 Å². The van der Waals surface area contributed by atoms with E-state index in [1.165, 1.54) is 0 Å². The molecule has 2 saturated heterocycles. The van der Waals surface area contributed by atoms with Crippen molar-refractivity contribution in [3.05, 3.63) is 30.2 Å². The van der Waals surface area contributed by atoms with E-state index in [1.807, 2.05) is 32.6 Å². The van der Waals surface area contributed by atoms with Gasteiger partial charge in [-0.25, -0.2) is 17.9 Å². The zero-order valence-electron chi connectivity index (χ0n) is 13.3. The van der Waals surface area contributed by atoms with Crippen LogP contribution in [0.5, 0.6) is 0 Å². The number of hydrogen-bond acceptors (Lipinski definition) is 6. The maximum Gasteiger partial charge on any atom is 0.159 e.